The van der Waals surface area contributed by atoms with Crippen molar-refractivity contribution in [1.29, 1.82) is 0 Å². The molecule has 1 aromatic heterocycles. The Morgan fingerprint density at radius 1 is 1.03 bits per heavy atom. The van der Waals surface area contributed by atoms with Crippen molar-refractivity contribution in [2.75, 3.05) is 14.2 Å². The summed E-state index contributed by atoms with van der Waals surface area (Å²) in [4.78, 5) is 20.2. The van der Waals surface area contributed by atoms with Crippen LogP contribution >= 0.6 is 0 Å². The first kappa shape index (κ1) is 22.8. The van der Waals surface area contributed by atoms with Crippen LogP contribution in [0.25, 0.3) is 10.9 Å². The Labute approximate surface area is 184 Å². The van der Waals surface area contributed by atoms with Crippen LogP contribution in [0, 0.1) is 5.92 Å². The third-order valence-corrected chi connectivity index (χ3v) is 5.70. The van der Waals surface area contributed by atoms with Crippen molar-refractivity contribution in [3.8, 4) is 11.5 Å². The molecule has 3 N–H and O–H groups in total. The van der Waals surface area contributed by atoms with Gasteiger partial charge >= 0.3 is 0 Å². The SMILES string of the molecule is COc1cc2nc(C[NH2+][C@@H](c3ccc(C(C)(C)C)cc3)C(C)C)[nH]c(=O)c2cc1OC. The Morgan fingerprint density at radius 3 is 2.19 bits per heavy atom. The molecule has 0 aliphatic heterocycles. The number of ether oxygens (including phenoxy) is 2. The van der Waals surface area contributed by atoms with E-state index in [1.54, 1.807) is 26.4 Å². The number of nitrogens with one attached hydrogen (secondary N) is 1. The fourth-order valence-electron chi connectivity index (χ4n) is 3.85. The van der Waals surface area contributed by atoms with Crippen LogP contribution in [0.2, 0.25) is 0 Å². The first-order valence-corrected chi connectivity index (χ1v) is 10.7. The minimum absolute atomic E-state index is 0.133. The second kappa shape index (κ2) is 9.10. The predicted molar refractivity (Wildman–Crippen MR) is 124 cm³/mol. The van der Waals surface area contributed by atoms with Crippen molar-refractivity contribution in [2.45, 2.75) is 52.6 Å². The number of nitrogens with zero attached hydrogens (tertiary/aromatic N) is 1. The van der Waals surface area contributed by atoms with Crippen LogP contribution in [-0.4, -0.2) is 24.2 Å². The smallest absolute Gasteiger partial charge is 0.259 e. The van der Waals surface area contributed by atoms with E-state index in [4.69, 9.17) is 9.47 Å². The minimum atomic E-state index is -0.176. The molecule has 1 heterocycles. The molecule has 2 aromatic carbocycles. The quantitative estimate of drug-likeness (QED) is 0.606. The predicted octanol–water partition coefficient (Wildman–Crippen LogP) is 3.70. The summed E-state index contributed by atoms with van der Waals surface area (Å²) in [7, 11) is 3.12. The van der Waals surface area contributed by atoms with Crippen LogP contribution < -0.4 is 20.3 Å². The monoisotopic (exact) mass is 424 g/mol. The molecule has 0 unspecified atom stereocenters. The van der Waals surface area contributed by atoms with Crippen LogP contribution in [0.5, 0.6) is 11.5 Å². The van der Waals surface area contributed by atoms with Crippen molar-refractivity contribution in [3.05, 3.63) is 63.7 Å². The van der Waals surface area contributed by atoms with Crippen LogP contribution in [0.15, 0.2) is 41.2 Å². The molecular weight excluding hydrogens is 390 g/mol. The number of rotatable bonds is 7. The second-order valence-corrected chi connectivity index (χ2v) is 9.32. The van der Waals surface area contributed by atoms with Gasteiger partial charge in [-0.25, -0.2) is 4.98 Å². The fraction of sp³-hybridized carbons (Fsp3) is 0.440. The lowest BCUT2D eigenvalue weighted by atomic mass is 9.85. The fourth-order valence-corrected chi connectivity index (χ4v) is 3.85. The van der Waals surface area contributed by atoms with Crippen LogP contribution in [0.1, 0.15) is 57.6 Å². The number of hydrogen-bond donors (Lipinski definition) is 2. The number of quaternary nitrogens is 1. The van der Waals surface area contributed by atoms with E-state index in [2.05, 4.69) is 74.2 Å². The van der Waals surface area contributed by atoms with Gasteiger partial charge in [-0.15, -0.1) is 0 Å². The Hall–Kier alpha value is -2.86. The molecule has 0 saturated heterocycles. The Bertz CT molecular complexity index is 1100. The Balaban J connectivity index is 1.86. The number of H-pyrrole nitrogens is 1. The number of fused-ring (bicyclic) bond motifs is 1. The lowest BCUT2D eigenvalue weighted by Crippen LogP contribution is -2.85. The summed E-state index contributed by atoms with van der Waals surface area (Å²) in [5.41, 5.74) is 3.15. The van der Waals surface area contributed by atoms with E-state index in [0.717, 1.165) is 0 Å². The largest absolute Gasteiger partial charge is 0.493 e. The summed E-state index contributed by atoms with van der Waals surface area (Å²) in [5, 5.41) is 2.72. The van der Waals surface area contributed by atoms with Crippen LogP contribution in [0.4, 0.5) is 0 Å². The van der Waals surface area contributed by atoms with Crippen molar-refractivity contribution in [1.82, 2.24) is 9.97 Å². The van der Waals surface area contributed by atoms with Gasteiger partial charge < -0.3 is 19.8 Å². The summed E-state index contributed by atoms with van der Waals surface area (Å²) in [5.74, 6) is 2.14. The van der Waals surface area contributed by atoms with E-state index in [1.165, 1.54) is 11.1 Å². The molecule has 0 saturated carbocycles. The minimum Gasteiger partial charge on any atom is -0.493 e. The molecule has 0 aliphatic rings. The molecule has 0 fully saturated rings. The number of methoxy groups -OCH3 is 2. The Morgan fingerprint density at radius 2 is 1.65 bits per heavy atom. The maximum atomic E-state index is 12.6. The lowest BCUT2D eigenvalue weighted by Gasteiger charge is -2.22. The molecule has 0 amide bonds. The number of aromatic amines is 1. The van der Waals surface area contributed by atoms with E-state index < -0.39 is 0 Å². The molecule has 0 aliphatic carbocycles. The zero-order valence-electron chi connectivity index (χ0n) is 19.6. The van der Waals surface area contributed by atoms with Gasteiger partial charge in [0.05, 0.1) is 25.1 Å². The molecule has 31 heavy (non-hydrogen) atoms. The molecule has 0 radical (unpaired) electrons. The van der Waals surface area contributed by atoms with E-state index >= 15 is 0 Å². The molecular formula is C25H34N3O3+. The number of aromatic nitrogens is 2. The third kappa shape index (κ3) is 5.07. The van der Waals surface area contributed by atoms with Crippen molar-refractivity contribution in [3.63, 3.8) is 0 Å². The van der Waals surface area contributed by atoms with Gasteiger partial charge in [0.1, 0.15) is 12.6 Å². The van der Waals surface area contributed by atoms with Gasteiger partial charge in [0.15, 0.2) is 17.3 Å². The normalized spacial score (nSPS) is 12.9. The summed E-state index contributed by atoms with van der Waals surface area (Å²) in [6, 6.07) is 12.5. The Kier molecular flexibility index (Phi) is 6.70. The van der Waals surface area contributed by atoms with Gasteiger partial charge in [0, 0.05) is 17.5 Å². The van der Waals surface area contributed by atoms with Gasteiger partial charge in [-0.05, 0) is 17.0 Å². The second-order valence-electron chi connectivity index (χ2n) is 9.32. The average molecular weight is 425 g/mol. The molecule has 1 atom stereocenters. The van der Waals surface area contributed by atoms with Gasteiger partial charge in [0.2, 0.25) is 0 Å². The van der Waals surface area contributed by atoms with Gasteiger partial charge in [0.25, 0.3) is 5.56 Å². The molecule has 6 nitrogen and oxygen atoms in total. The first-order chi connectivity index (χ1) is 14.6. The van der Waals surface area contributed by atoms with E-state index in [9.17, 15) is 4.79 Å². The van der Waals surface area contributed by atoms with Gasteiger partial charge in [-0.1, -0.05) is 58.9 Å². The third-order valence-electron chi connectivity index (χ3n) is 5.70. The maximum absolute atomic E-state index is 12.6. The average Bonchev–Trinajstić information content (AvgIpc) is 2.72. The van der Waals surface area contributed by atoms with E-state index in [-0.39, 0.29) is 17.0 Å². The van der Waals surface area contributed by atoms with E-state index in [0.29, 0.717) is 40.7 Å². The van der Waals surface area contributed by atoms with Gasteiger partial charge in [-0.2, -0.15) is 0 Å². The van der Waals surface area contributed by atoms with Crippen molar-refractivity contribution in [2.24, 2.45) is 5.92 Å². The van der Waals surface area contributed by atoms with Crippen molar-refractivity contribution >= 4 is 10.9 Å². The number of benzene rings is 2. The highest BCUT2D eigenvalue weighted by molar-refractivity contribution is 5.81. The summed E-state index contributed by atoms with van der Waals surface area (Å²) >= 11 is 0. The summed E-state index contributed by atoms with van der Waals surface area (Å²) < 4.78 is 10.7. The molecule has 166 valence electrons. The number of hydrogen-bond acceptors (Lipinski definition) is 4. The molecule has 0 spiro atoms. The highest BCUT2D eigenvalue weighted by Crippen LogP contribution is 2.30. The number of nitrogens with two attached hydrogens (primary N) is 1. The lowest BCUT2D eigenvalue weighted by molar-refractivity contribution is -0.718. The molecule has 3 aromatic rings. The van der Waals surface area contributed by atoms with Crippen molar-refractivity contribution < 1.29 is 14.8 Å². The van der Waals surface area contributed by atoms with Crippen LogP contribution in [0.3, 0.4) is 0 Å². The topological polar surface area (TPSA) is 80.8 Å². The zero-order valence-corrected chi connectivity index (χ0v) is 19.6. The summed E-state index contributed by atoms with van der Waals surface area (Å²) in [6.45, 7) is 11.7. The standard InChI is InChI=1S/C25H33N3O3/c1-15(2)23(16-8-10-17(11-9-16)25(3,4)5)26-14-22-27-19-13-21(31-7)20(30-6)12-18(19)24(29)28-22/h8-13,15,23,26H,14H2,1-7H3,(H,27,28,29)/p+1/t23-/m1/s1. The zero-order chi connectivity index (χ0) is 22.8. The summed E-state index contributed by atoms with van der Waals surface area (Å²) in [6.07, 6.45) is 0. The first-order valence-electron chi connectivity index (χ1n) is 10.7. The van der Waals surface area contributed by atoms with E-state index in [1.807, 2.05) is 0 Å². The highest BCUT2D eigenvalue weighted by Gasteiger charge is 2.21. The molecule has 0 bridgehead atoms. The molecule has 6 heteroatoms. The van der Waals surface area contributed by atoms with Gasteiger partial charge in [-0.3, -0.25) is 4.79 Å². The van der Waals surface area contributed by atoms with Crippen LogP contribution in [-0.2, 0) is 12.0 Å². The molecule has 3 rings (SSSR count). The highest BCUT2D eigenvalue weighted by atomic mass is 16.5. The maximum Gasteiger partial charge on any atom is 0.259 e.